The summed E-state index contributed by atoms with van der Waals surface area (Å²) in [6.07, 6.45) is 10.9. The molecule has 2 aliphatic rings. The van der Waals surface area contributed by atoms with Gasteiger partial charge in [0.05, 0.1) is 5.56 Å². The van der Waals surface area contributed by atoms with E-state index < -0.39 is 0 Å². The highest BCUT2D eigenvalue weighted by Gasteiger charge is 2.27. The second kappa shape index (κ2) is 7.52. The predicted molar refractivity (Wildman–Crippen MR) is 97.4 cm³/mol. The minimum absolute atomic E-state index is 0.471. The van der Waals surface area contributed by atoms with E-state index in [9.17, 15) is 0 Å². The average molecular weight is 341 g/mol. The van der Waals surface area contributed by atoms with E-state index in [1.165, 1.54) is 58.0 Å². The number of nitrogens with zero attached hydrogens (tertiary/aromatic N) is 4. The van der Waals surface area contributed by atoms with Gasteiger partial charge in [-0.1, -0.05) is 11.6 Å². The minimum atomic E-state index is 0.471. The molecule has 0 radical (unpaired) electrons. The van der Waals surface area contributed by atoms with Gasteiger partial charge in [0.25, 0.3) is 5.89 Å². The topological polar surface area (TPSA) is 67.1 Å². The molecule has 6 heteroatoms. The van der Waals surface area contributed by atoms with Gasteiger partial charge in [0, 0.05) is 18.3 Å². The van der Waals surface area contributed by atoms with E-state index in [0.717, 1.165) is 17.4 Å². The summed E-state index contributed by atoms with van der Waals surface area (Å²) in [6, 6.07) is 5.15. The van der Waals surface area contributed by atoms with E-state index in [0.29, 0.717) is 17.8 Å². The lowest BCUT2D eigenvalue weighted by atomic mass is 9.89. The summed E-state index contributed by atoms with van der Waals surface area (Å²) in [4.78, 5) is 11.6. The smallest absolute Gasteiger partial charge is 0.261 e. The van der Waals surface area contributed by atoms with Gasteiger partial charge < -0.3 is 14.7 Å². The lowest BCUT2D eigenvalue weighted by Crippen LogP contribution is -2.43. The molecule has 2 aromatic heterocycles. The summed E-state index contributed by atoms with van der Waals surface area (Å²) in [5.74, 6) is 2.04. The molecule has 134 valence electrons. The Hall–Kier alpha value is -1.95. The minimum Gasteiger partial charge on any atom is -0.367 e. The van der Waals surface area contributed by atoms with E-state index in [2.05, 4.69) is 25.3 Å². The van der Waals surface area contributed by atoms with Gasteiger partial charge in [-0.05, 0) is 70.7 Å². The molecule has 1 saturated carbocycles. The number of hydrogen-bond donors (Lipinski definition) is 1. The first-order valence-corrected chi connectivity index (χ1v) is 9.56. The van der Waals surface area contributed by atoms with Crippen LogP contribution < -0.4 is 5.32 Å². The second-order valence-electron chi connectivity index (χ2n) is 7.29. The highest BCUT2D eigenvalue weighted by molar-refractivity contribution is 5.68. The Morgan fingerprint density at radius 1 is 1.12 bits per heavy atom. The van der Waals surface area contributed by atoms with Crippen molar-refractivity contribution in [2.24, 2.45) is 0 Å². The Morgan fingerprint density at radius 3 is 2.64 bits per heavy atom. The molecule has 0 aromatic carbocycles. The zero-order valence-corrected chi connectivity index (χ0v) is 14.9. The van der Waals surface area contributed by atoms with Crippen molar-refractivity contribution in [3.8, 4) is 11.5 Å². The van der Waals surface area contributed by atoms with Gasteiger partial charge in [0.15, 0.2) is 5.82 Å². The van der Waals surface area contributed by atoms with Crippen LogP contribution in [0.15, 0.2) is 22.9 Å². The number of anilines is 1. The molecule has 0 atom stereocenters. The molecule has 25 heavy (non-hydrogen) atoms. The van der Waals surface area contributed by atoms with Crippen LogP contribution >= 0.6 is 0 Å². The molecule has 2 fully saturated rings. The summed E-state index contributed by atoms with van der Waals surface area (Å²) in [7, 11) is 0. The van der Waals surface area contributed by atoms with Crippen molar-refractivity contribution in [1.82, 2.24) is 20.0 Å². The summed E-state index contributed by atoms with van der Waals surface area (Å²) in [5, 5.41) is 7.52. The average Bonchev–Trinajstić information content (AvgIpc) is 3.10. The highest BCUT2D eigenvalue weighted by Crippen LogP contribution is 2.30. The highest BCUT2D eigenvalue weighted by atomic mass is 16.5. The molecule has 1 aliphatic heterocycles. The third-order valence-electron chi connectivity index (χ3n) is 5.51. The fraction of sp³-hybridized carbons (Fsp3) is 0.632. The van der Waals surface area contributed by atoms with Crippen LogP contribution in [0.4, 0.5) is 5.82 Å². The number of rotatable bonds is 4. The van der Waals surface area contributed by atoms with Crippen molar-refractivity contribution in [3.05, 3.63) is 24.2 Å². The van der Waals surface area contributed by atoms with Crippen LogP contribution in [0.1, 0.15) is 50.8 Å². The maximum absolute atomic E-state index is 5.33. The number of aromatic nitrogens is 3. The Bertz CT molecular complexity index is 687. The Kier molecular flexibility index (Phi) is 4.97. The van der Waals surface area contributed by atoms with E-state index in [-0.39, 0.29) is 0 Å². The number of likely N-dealkylation sites (tertiary alicyclic amines) is 1. The van der Waals surface area contributed by atoms with E-state index in [1.807, 2.05) is 25.3 Å². The normalized spacial score (nSPS) is 25.0. The van der Waals surface area contributed by atoms with Crippen molar-refractivity contribution in [1.29, 1.82) is 0 Å². The maximum atomic E-state index is 5.33. The lowest BCUT2D eigenvalue weighted by Gasteiger charge is -2.39. The predicted octanol–water partition coefficient (Wildman–Crippen LogP) is 3.65. The van der Waals surface area contributed by atoms with Crippen LogP contribution in [-0.2, 0) is 0 Å². The Labute approximate surface area is 149 Å². The molecular formula is C19H27N5O. The van der Waals surface area contributed by atoms with Gasteiger partial charge in [0.1, 0.15) is 5.82 Å². The molecule has 1 aliphatic carbocycles. The molecule has 6 nitrogen and oxygen atoms in total. The first-order chi connectivity index (χ1) is 12.3. The molecule has 0 bridgehead atoms. The number of pyridine rings is 1. The van der Waals surface area contributed by atoms with Gasteiger partial charge in [-0.15, -0.1) is 0 Å². The van der Waals surface area contributed by atoms with Gasteiger partial charge in [-0.3, -0.25) is 0 Å². The first-order valence-electron chi connectivity index (χ1n) is 9.56. The number of nitrogens with one attached hydrogen (secondary N) is 1. The van der Waals surface area contributed by atoms with Crippen LogP contribution in [0.25, 0.3) is 11.5 Å². The zero-order valence-electron chi connectivity index (χ0n) is 14.9. The number of piperidine rings is 1. The quantitative estimate of drug-likeness (QED) is 0.915. The summed E-state index contributed by atoms with van der Waals surface area (Å²) in [6.45, 7) is 4.42. The SMILES string of the molecule is Cc1noc(-c2cccnc2NC2CCC(N3CCCCC3)CC2)n1. The Balaban J connectivity index is 1.39. The van der Waals surface area contributed by atoms with Gasteiger partial charge in [-0.25, -0.2) is 4.98 Å². The van der Waals surface area contributed by atoms with Crippen molar-refractivity contribution < 1.29 is 4.52 Å². The summed E-state index contributed by atoms with van der Waals surface area (Å²) < 4.78 is 5.33. The zero-order chi connectivity index (χ0) is 17.1. The number of hydrogen-bond acceptors (Lipinski definition) is 6. The fourth-order valence-electron chi connectivity index (χ4n) is 4.16. The van der Waals surface area contributed by atoms with Crippen molar-refractivity contribution in [3.63, 3.8) is 0 Å². The first kappa shape index (κ1) is 16.5. The number of aryl methyl sites for hydroxylation is 1. The molecule has 0 spiro atoms. The van der Waals surface area contributed by atoms with E-state index in [4.69, 9.17) is 4.52 Å². The second-order valence-corrected chi connectivity index (χ2v) is 7.29. The standard InChI is InChI=1S/C19H27N5O/c1-14-21-19(25-23-14)17-6-5-11-20-18(17)22-15-7-9-16(10-8-15)24-12-3-2-4-13-24/h5-6,11,15-16H,2-4,7-10,12-13H2,1H3,(H,20,22). The molecular weight excluding hydrogens is 314 g/mol. The van der Waals surface area contributed by atoms with Gasteiger partial charge in [-0.2, -0.15) is 4.98 Å². The van der Waals surface area contributed by atoms with Gasteiger partial charge in [0.2, 0.25) is 0 Å². The fourth-order valence-corrected chi connectivity index (χ4v) is 4.16. The van der Waals surface area contributed by atoms with Gasteiger partial charge >= 0.3 is 0 Å². The van der Waals surface area contributed by atoms with E-state index in [1.54, 1.807) is 0 Å². The van der Waals surface area contributed by atoms with Crippen LogP contribution in [-0.4, -0.2) is 45.2 Å². The van der Waals surface area contributed by atoms with E-state index >= 15 is 0 Å². The molecule has 1 saturated heterocycles. The molecule has 0 amide bonds. The lowest BCUT2D eigenvalue weighted by molar-refractivity contribution is 0.127. The van der Waals surface area contributed by atoms with Crippen molar-refractivity contribution >= 4 is 5.82 Å². The third-order valence-corrected chi connectivity index (χ3v) is 5.51. The van der Waals surface area contributed by atoms with Crippen LogP contribution in [0.3, 0.4) is 0 Å². The summed E-state index contributed by atoms with van der Waals surface area (Å²) >= 11 is 0. The Morgan fingerprint density at radius 2 is 1.92 bits per heavy atom. The molecule has 1 N–H and O–H groups in total. The molecule has 4 rings (SSSR count). The molecule has 2 aromatic rings. The largest absolute Gasteiger partial charge is 0.367 e. The van der Waals surface area contributed by atoms with Crippen LogP contribution in [0.2, 0.25) is 0 Å². The van der Waals surface area contributed by atoms with Crippen LogP contribution in [0, 0.1) is 6.92 Å². The van der Waals surface area contributed by atoms with Crippen molar-refractivity contribution in [2.75, 3.05) is 18.4 Å². The van der Waals surface area contributed by atoms with Crippen LogP contribution in [0.5, 0.6) is 0 Å². The summed E-state index contributed by atoms with van der Waals surface area (Å²) in [5.41, 5.74) is 0.890. The maximum Gasteiger partial charge on any atom is 0.261 e. The monoisotopic (exact) mass is 341 g/mol. The third kappa shape index (κ3) is 3.84. The molecule has 0 unspecified atom stereocenters. The molecule has 3 heterocycles. The van der Waals surface area contributed by atoms with Crippen molar-refractivity contribution in [2.45, 2.75) is 64.0 Å².